The van der Waals surface area contributed by atoms with Crippen LogP contribution in [0.5, 0.6) is 0 Å². The van der Waals surface area contributed by atoms with Gasteiger partial charge in [0.15, 0.2) is 0 Å². The second kappa shape index (κ2) is 5.46. The zero-order valence-corrected chi connectivity index (χ0v) is 10.4. The summed E-state index contributed by atoms with van der Waals surface area (Å²) < 4.78 is 0. The van der Waals surface area contributed by atoms with Crippen molar-refractivity contribution in [2.75, 3.05) is 6.54 Å². The third-order valence-corrected chi connectivity index (χ3v) is 3.52. The number of aliphatic hydroxyl groups is 1. The van der Waals surface area contributed by atoms with Crippen LogP contribution in [-0.4, -0.2) is 22.7 Å². The zero-order chi connectivity index (χ0) is 13.1. The van der Waals surface area contributed by atoms with Crippen molar-refractivity contribution in [2.45, 2.75) is 31.9 Å². The number of nitro groups is 1. The Kier molecular flexibility index (Phi) is 3.93. The number of aliphatic hydroxyl groups excluding tert-OH is 1. The molecule has 0 amide bonds. The van der Waals surface area contributed by atoms with Gasteiger partial charge in [0.25, 0.3) is 5.69 Å². The smallest absolute Gasteiger partial charge is 0.274 e. The van der Waals surface area contributed by atoms with Crippen LogP contribution in [0, 0.1) is 16.0 Å². The van der Waals surface area contributed by atoms with E-state index in [4.69, 9.17) is 0 Å². The normalized spacial score (nSPS) is 24.3. The fourth-order valence-corrected chi connectivity index (χ4v) is 2.34. The third-order valence-electron chi connectivity index (χ3n) is 3.52. The highest BCUT2D eigenvalue weighted by Crippen LogP contribution is 2.28. The van der Waals surface area contributed by atoms with E-state index in [2.05, 4.69) is 5.32 Å². The van der Waals surface area contributed by atoms with Crippen LogP contribution in [0.3, 0.4) is 0 Å². The largest absolute Gasteiger partial charge is 0.393 e. The number of para-hydroxylation sites is 1. The molecule has 1 fully saturated rings. The molecule has 1 unspecified atom stereocenters. The average molecular weight is 250 g/mol. The van der Waals surface area contributed by atoms with Crippen molar-refractivity contribution in [3.8, 4) is 0 Å². The molecule has 0 aliphatic heterocycles. The molecule has 5 nitrogen and oxygen atoms in total. The van der Waals surface area contributed by atoms with Crippen molar-refractivity contribution in [3.05, 3.63) is 39.9 Å². The first kappa shape index (κ1) is 13.0. The standard InChI is InChI=1S/C13H18N2O3/c1-9(14-8-10-6-11(16)7-10)12-4-2-3-5-13(12)15(17)18/h2-5,9-11,14,16H,6-8H2,1H3. The average Bonchev–Trinajstić information content (AvgIpc) is 2.32. The number of nitro benzene ring substituents is 1. The monoisotopic (exact) mass is 250 g/mol. The molecule has 0 radical (unpaired) electrons. The molecule has 1 aromatic carbocycles. The van der Waals surface area contributed by atoms with Gasteiger partial charge in [-0.05, 0) is 32.2 Å². The van der Waals surface area contributed by atoms with Gasteiger partial charge in [0.2, 0.25) is 0 Å². The summed E-state index contributed by atoms with van der Waals surface area (Å²) in [6, 6.07) is 6.75. The Bertz CT molecular complexity index is 430. The van der Waals surface area contributed by atoms with Gasteiger partial charge in [-0.3, -0.25) is 10.1 Å². The molecule has 1 aromatic rings. The number of rotatable bonds is 5. The van der Waals surface area contributed by atoms with Gasteiger partial charge in [0.1, 0.15) is 0 Å². The maximum absolute atomic E-state index is 10.9. The van der Waals surface area contributed by atoms with Crippen LogP contribution >= 0.6 is 0 Å². The van der Waals surface area contributed by atoms with E-state index in [1.807, 2.05) is 13.0 Å². The summed E-state index contributed by atoms with van der Waals surface area (Å²) in [7, 11) is 0. The van der Waals surface area contributed by atoms with Gasteiger partial charge in [0.05, 0.1) is 11.0 Å². The Labute approximate surface area is 106 Å². The van der Waals surface area contributed by atoms with Crippen molar-refractivity contribution in [1.82, 2.24) is 5.32 Å². The number of hydrogen-bond donors (Lipinski definition) is 2. The minimum absolute atomic E-state index is 0.0515. The van der Waals surface area contributed by atoms with Crippen molar-refractivity contribution >= 4 is 5.69 Å². The second-order valence-corrected chi connectivity index (χ2v) is 4.94. The van der Waals surface area contributed by atoms with Gasteiger partial charge in [-0.25, -0.2) is 0 Å². The van der Waals surface area contributed by atoms with Gasteiger partial charge in [-0.2, -0.15) is 0 Å². The molecule has 98 valence electrons. The summed E-state index contributed by atoms with van der Waals surface area (Å²) in [5.74, 6) is 0.491. The lowest BCUT2D eigenvalue weighted by atomic mass is 9.82. The van der Waals surface area contributed by atoms with Crippen molar-refractivity contribution in [3.63, 3.8) is 0 Å². The second-order valence-electron chi connectivity index (χ2n) is 4.94. The van der Waals surface area contributed by atoms with Crippen LogP contribution in [0.25, 0.3) is 0 Å². The highest BCUT2D eigenvalue weighted by atomic mass is 16.6. The van der Waals surface area contributed by atoms with Gasteiger partial charge in [-0.1, -0.05) is 18.2 Å². The molecular weight excluding hydrogens is 232 g/mol. The lowest BCUT2D eigenvalue weighted by molar-refractivity contribution is -0.385. The van der Waals surface area contributed by atoms with E-state index in [9.17, 15) is 15.2 Å². The molecule has 1 aliphatic rings. The van der Waals surface area contributed by atoms with Crippen molar-refractivity contribution < 1.29 is 10.0 Å². The maximum atomic E-state index is 10.9. The summed E-state index contributed by atoms with van der Waals surface area (Å²) in [4.78, 5) is 10.6. The molecular formula is C13H18N2O3. The lowest BCUT2D eigenvalue weighted by Gasteiger charge is -2.32. The fraction of sp³-hybridized carbons (Fsp3) is 0.538. The maximum Gasteiger partial charge on any atom is 0.274 e. The highest BCUT2D eigenvalue weighted by molar-refractivity contribution is 5.41. The van der Waals surface area contributed by atoms with E-state index >= 15 is 0 Å². The molecule has 1 saturated carbocycles. The van der Waals surface area contributed by atoms with E-state index in [1.54, 1.807) is 12.1 Å². The number of nitrogens with one attached hydrogen (secondary N) is 1. The molecule has 0 bridgehead atoms. The van der Waals surface area contributed by atoms with Crippen LogP contribution in [-0.2, 0) is 0 Å². The Hall–Kier alpha value is -1.46. The first-order valence-electron chi connectivity index (χ1n) is 6.22. The van der Waals surface area contributed by atoms with E-state index < -0.39 is 0 Å². The molecule has 18 heavy (non-hydrogen) atoms. The van der Waals surface area contributed by atoms with Crippen LogP contribution in [0.2, 0.25) is 0 Å². The Morgan fingerprint density at radius 2 is 2.17 bits per heavy atom. The predicted molar refractivity (Wildman–Crippen MR) is 68.2 cm³/mol. The fourth-order valence-electron chi connectivity index (χ4n) is 2.34. The minimum atomic E-state index is -0.347. The summed E-state index contributed by atoms with van der Waals surface area (Å²) in [5.41, 5.74) is 0.869. The Morgan fingerprint density at radius 1 is 1.50 bits per heavy atom. The Morgan fingerprint density at radius 3 is 2.78 bits per heavy atom. The van der Waals surface area contributed by atoms with Crippen molar-refractivity contribution in [1.29, 1.82) is 0 Å². The summed E-state index contributed by atoms with van der Waals surface area (Å²) in [5, 5.41) is 23.4. The van der Waals surface area contributed by atoms with Gasteiger partial charge < -0.3 is 10.4 Å². The summed E-state index contributed by atoms with van der Waals surface area (Å²) in [6.45, 7) is 2.72. The topological polar surface area (TPSA) is 75.4 Å². The molecule has 0 heterocycles. The van der Waals surface area contributed by atoms with E-state index in [0.717, 1.165) is 19.4 Å². The predicted octanol–water partition coefficient (Wildman–Crippen LogP) is 2.02. The first-order chi connectivity index (χ1) is 8.58. The number of benzene rings is 1. The molecule has 0 spiro atoms. The zero-order valence-electron chi connectivity index (χ0n) is 10.4. The molecule has 5 heteroatoms. The van der Waals surface area contributed by atoms with E-state index in [1.165, 1.54) is 6.07 Å². The quantitative estimate of drug-likeness (QED) is 0.619. The third kappa shape index (κ3) is 2.86. The minimum Gasteiger partial charge on any atom is -0.393 e. The molecule has 1 atom stereocenters. The number of nitrogens with zero attached hydrogens (tertiary/aromatic N) is 1. The molecule has 2 N–H and O–H groups in total. The molecule has 0 saturated heterocycles. The molecule has 2 rings (SSSR count). The van der Waals surface area contributed by atoms with Gasteiger partial charge in [0, 0.05) is 17.7 Å². The highest BCUT2D eigenvalue weighted by Gasteiger charge is 2.27. The first-order valence-corrected chi connectivity index (χ1v) is 6.22. The van der Waals surface area contributed by atoms with E-state index in [-0.39, 0.29) is 22.8 Å². The van der Waals surface area contributed by atoms with E-state index in [0.29, 0.717) is 11.5 Å². The molecule has 1 aliphatic carbocycles. The number of hydrogen-bond acceptors (Lipinski definition) is 4. The van der Waals surface area contributed by atoms with Gasteiger partial charge >= 0.3 is 0 Å². The Balaban J connectivity index is 1.95. The van der Waals surface area contributed by atoms with Crippen LogP contribution in [0.15, 0.2) is 24.3 Å². The summed E-state index contributed by atoms with van der Waals surface area (Å²) >= 11 is 0. The lowest BCUT2D eigenvalue weighted by Crippen LogP contribution is -2.37. The molecule has 0 aromatic heterocycles. The van der Waals surface area contributed by atoms with Gasteiger partial charge in [-0.15, -0.1) is 0 Å². The van der Waals surface area contributed by atoms with Crippen LogP contribution in [0.4, 0.5) is 5.69 Å². The SMILES string of the molecule is CC(NCC1CC(O)C1)c1ccccc1[N+](=O)[O-]. The van der Waals surface area contributed by atoms with Crippen LogP contribution < -0.4 is 5.32 Å². The van der Waals surface area contributed by atoms with Crippen molar-refractivity contribution in [2.24, 2.45) is 5.92 Å². The van der Waals surface area contributed by atoms with Crippen LogP contribution in [0.1, 0.15) is 31.4 Å². The summed E-state index contributed by atoms with van der Waals surface area (Å²) in [6.07, 6.45) is 1.51.